The van der Waals surface area contributed by atoms with Crippen LogP contribution >= 0.6 is 23.6 Å². The first-order chi connectivity index (χ1) is 11.6. The van der Waals surface area contributed by atoms with Crippen molar-refractivity contribution in [3.8, 4) is 0 Å². The number of anilines is 3. The Morgan fingerprint density at radius 3 is 2.54 bits per heavy atom. The molecular formula is C17H16N4OS2. The number of hydrogen-bond acceptors (Lipinski definition) is 5. The fourth-order valence-electron chi connectivity index (χ4n) is 2.20. The molecule has 1 aromatic heterocycles. The lowest BCUT2D eigenvalue weighted by atomic mass is 10.2. The Balaban J connectivity index is 1.80. The Morgan fingerprint density at radius 2 is 1.92 bits per heavy atom. The highest BCUT2D eigenvalue weighted by molar-refractivity contribution is 7.73. The summed E-state index contributed by atoms with van der Waals surface area (Å²) in [5.41, 5.74) is 2.80. The minimum Gasteiger partial charge on any atom is -0.325 e. The van der Waals surface area contributed by atoms with Gasteiger partial charge in [0.1, 0.15) is 6.54 Å². The number of amides is 1. The van der Waals surface area contributed by atoms with Crippen molar-refractivity contribution in [2.45, 2.75) is 6.92 Å². The maximum atomic E-state index is 12.4. The molecule has 0 atom stereocenters. The molecule has 0 unspecified atom stereocenters. The number of carbonyl (C=O) groups excluding carboxylic acids is 1. The van der Waals surface area contributed by atoms with E-state index in [0.717, 1.165) is 16.9 Å². The van der Waals surface area contributed by atoms with Crippen molar-refractivity contribution in [1.82, 2.24) is 10.2 Å². The Labute approximate surface area is 149 Å². The summed E-state index contributed by atoms with van der Waals surface area (Å²) in [4.78, 5) is 14.3. The molecule has 1 amide bonds. The normalized spacial score (nSPS) is 10.4. The molecule has 122 valence electrons. The summed E-state index contributed by atoms with van der Waals surface area (Å²) in [6, 6.07) is 17.3. The van der Waals surface area contributed by atoms with Crippen LogP contribution in [-0.4, -0.2) is 22.6 Å². The highest BCUT2D eigenvalue weighted by Gasteiger charge is 2.16. The average Bonchev–Trinajstić information content (AvgIpc) is 3.02. The Hall–Kier alpha value is -2.51. The van der Waals surface area contributed by atoms with Crippen LogP contribution < -0.4 is 10.2 Å². The highest BCUT2D eigenvalue weighted by atomic mass is 32.1. The summed E-state index contributed by atoms with van der Waals surface area (Å²) in [6.07, 6.45) is 0. The predicted octanol–water partition coefficient (Wildman–Crippen LogP) is 4.29. The van der Waals surface area contributed by atoms with Crippen molar-refractivity contribution in [2.75, 3.05) is 16.8 Å². The maximum Gasteiger partial charge on any atom is 0.244 e. The van der Waals surface area contributed by atoms with Crippen molar-refractivity contribution in [3.05, 3.63) is 64.1 Å². The van der Waals surface area contributed by atoms with E-state index in [0.29, 0.717) is 9.09 Å². The molecule has 3 aromatic rings. The quantitative estimate of drug-likeness (QED) is 0.670. The van der Waals surface area contributed by atoms with E-state index in [4.69, 9.17) is 12.2 Å². The zero-order chi connectivity index (χ0) is 16.9. The fraction of sp³-hybridized carbons (Fsp3) is 0.118. The van der Waals surface area contributed by atoms with E-state index in [1.807, 2.05) is 66.4 Å². The van der Waals surface area contributed by atoms with E-state index in [-0.39, 0.29) is 12.5 Å². The Bertz CT molecular complexity index is 871. The Morgan fingerprint density at radius 1 is 1.21 bits per heavy atom. The van der Waals surface area contributed by atoms with E-state index in [2.05, 4.69) is 15.5 Å². The van der Waals surface area contributed by atoms with Gasteiger partial charge in [-0.1, -0.05) is 47.2 Å². The van der Waals surface area contributed by atoms with Gasteiger partial charge in [0.15, 0.2) is 3.95 Å². The molecule has 3 rings (SSSR count). The van der Waals surface area contributed by atoms with Crippen molar-refractivity contribution in [2.24, 2.45) is 0 Å². The summed E-state index contributed by atoms with van der Waals surface area (Å²) in [5, 5.41) is 10.5. The molecule has 24 heavy (non-hydrogen) atoms. The number of aromatic amines is 1. The van der Waals surface area contributed by atoms with Gasteiger partial charge in [0.2, 0.25) is 11.0 Å². The second kappa shape index (κ2) is 7.37. The smallest absolute Gasteiger partial charge is 0.244 e. The number of aryl methyl sites for hydroxylation is 1. The van der Waals surface area contributed by atoms with E-state index in [9.17, 15) is 4.79 Å². The summed E-state index contributed by atoms with van der Waals surface area (Å²) in [6.45, 7) is 2.15. The second-order valence-electron chi connectivity index (χ2n) is 5.23. The first-order valence-electron chi connectivity index (χ1n) is 7.36. The first-order valence-corrected chi connectivity index (χ1v) is 8.59. The van der Waals surface area contributed by atoms with Crippen molar-refractivity contribution >= 4 is 46.0 Å². The SMILES string of the molecule is Cc1ccc(NC(=O)CN(c2ccccc2)c2n[nH]c(=S)s2)cc1. The number of H-pyrrole nitrogens is 1. The Kier molecular flexibility index (Phi) is 5.02. The molecular weight excluding hydrogens is 340 g/mol. The number of hydrogen-bond donors (Lipinski definition) is 2. The van der Waals surface area contributed by atoms with Crippen LogP contribution in [-0.2, 0) is 4.79 Å². The van der Waals surface area contributed by atoms with Gasteiger partial charge in [-0.25, -0.2) is 0 Å². The molecule has 0 aliphatic rings. The molecule has 0 saturated heterocycles. The lowest BCUT2D eigenvalue weighted by Gasteiger charge is -2.20. The lowest BCUT2D eigenvalue weighted by molar-refractivity contribution is -0.114. The molecule has 1 heterocycles. The van der Waals surface area contributed by atoms with Gasteiger partial charge < -0.3 is 10.2 Å². The topological polar surface area (TPSA) is 61.0 Å². The summed E-state index contributed by atoms with van der Waals surface area (Å²) in [7, 11) is 0. The highest BCUT2D eigenvalue weighted by Crippen LogP contribution is 2.26. The van der Waals surface area contributed by atoms with E-state index in [1.54, 1.807) is 0 Å². The van der Waals surface area contributed by atoms with Gasteiger partial charge in [0.25, 0.3) is 0 Å². The molecule has 0 saturated carbocycles. The van der Waals surface area contributed by atoms with E-state index in [1.165, 1.54) is 11.3 Å². The predicted molar refractivity (Wildman–Crippen MR) is 101 cm³/mol. The molecule has 2 aromatic carbocycles. The third-order valence-electron chi connectivity index (χ3n) is 3.36. The van der Waals surface area contributed by atoms with Crippen LogP contribution in [0.25, 0.3) is 0 Å². The molecule has 0 spiro atoms. The van der Waals surface area contributed by atoms with Crippen LogP contribution in [0.2, 0.25) is 0 Å². The number of rotatable bonds is 5. The first kappa shape index (κ1) is 16.4. The van der Waals surface area contributed by atoms with Crippen molar-refractivity contribution in [1.29, 1.82) is 0 Å². The van der Waals surface area contributed by atoms with Crippen molar-refractivity contribution < 1.29 is 4.79 Å². The van der Waals surface area contributed by atoms with Gasteiger partial charge in [0.05, 0.1) is 0 Å². The van der Waals surface area contributed by atoms with E-state index < -0.39 is 0 Å². The molecule has 0 radical (unpaired) electrons. The standard InChI is InChI=1S/C17H16N4OS2/c1-12-7-9-13(10-8-12)18-15(22)11-21(14-5-3-2-4-6-14)16-19-20-17(23)24-16/h2-10H,11H2,1H3,(H,18,22)(H,20,23). The molecule has 7 heteroatoms. The molecule has 0 fully saturated rings. The van der Waals surface area contributed by atoms with Gasteiger partial charge in [-0.2, -0.15) is 0 Å². The average molecular weight is 356 g/mol. The number of nitrogens with zero attached hydrogens (tertiary/aromatic N) is 2. The van der Waals surface area contributed by atoms with Gasteiger partial charge in [-0.05, 0) is 43.4 Å². The van der Waals surface area contributed by atoms with Crippen LogP contribution in [0.15, 0.2) is 54.6 Å². The van der Waals surface area contributed by atoms with Crippen LogP contribution in [0.3, 0.4) is 0 Å². The largest absolute Gasteiger partial charge is 0.325 e. The zero-order valence-electron chi connectivity index (χ0n) is 13.0. The maximum absolute atomic E-state index is 12.4. The van der Waals surface area contributed by atoms with Crippen LogP contribution in [0.4, 0.5) is 16.5 Å². The minimum absolute atomic E-state index is 0.121. The number of nitrogens with one attached hydrogen (secondary N) is 2. The van der Waals surface area contributed by atoms with Gasteiger partial charge in [-0.15, -0.1) is 5.10 Å². The van der Waals surface area contributed by atoms with Gasteiger partial charge in [0, 0.05) is 11.4 Å². The van der Waals surface area contributed by atoms with Gasteiger partial charge in [-0.3, -0.25) is 9.89 Å². The van der Waals surface area contributed by atoms with Crippen LogP contribution in [0, 0.1) is 10.9 Å². The van der Waals surface area contributed by atoms with E-state index >= 15 is 0 Å². The monoisotopic (exact) mass is 356 g/mol. The number of carbonyl (C=O) groups is 1. The fourth-order valence-corrected chi connectivity index (χ4v) is 3.09. The van der Waals surface area contributed by atoms with Gasteiger partial charge >= 0.3 is 0 Å². The summed E-state index contributed by atoms with van der Waals surface area (Å²) in [5.74, 6) is -0.121. The molecule has 0 aliphatic carbocycles. The second-order valence-corrected chi connectivity index (χ2v) is 6.88. The molecule has 2 N–H and O–H groups in total. The molecule has 0 bridgehead atoms. The molecule has 0 aliphatic heterocycles. The molecule has 5 nitrogen and oxygen atoms in total. The number of para-hydroxylation sites is 1. The lowest BCUT2D eigenvalue weighted by Crippen LogP contribution is -2.29. The minimum atomic E-state index is -0.121. The van der Waals surface area contributed by atoms with Crippen LogP contribution in [0.5, 0.6) is 0 Å². The van der Waals surface area contributed by atoms with Crippen LogP contribution in [0.1, 0.15) is 5.56 Å². The van der Waals surface area contributed by atoms with Crippen molar-refractivity contribution in [3.63, 3.8) is 0 Å². The third kappa shape index (κ3) is 4.06. The third-order valence-corrected chi connectivity index (χ3v) is 4.47. The zero-order valence-corrected chi connectivity index (χ0v) is 14.7. The number of benzene rings is 2. The summed E-state index contributed by atoms with van der Waals surface area (Å²) < 4.78 is 0.574. The summed E-state index contributed by atoms with van der Waals surface area (Å²) >= 11 is 6.44. The number of aromatic nitrogens is 2.